The summed E-state index contributed by atoms with van der Waals surface area (Å²) >= 11 is 0. The first-order valence-corrected chi connectivity index (χ1v) is 8.24. The van der Waals surface area contributed by atoms with Crippen molar-refractivity contribution < 1.29 is 18.8 Å². The van der Waals surface area contributed by atoms with Crippen molar-refractivity contribution in [3.05, 3.63) is 12.4 Å². The number of rotatable bonds is 4. The first-order valence-electron chi connectivity index (χ1n) is 8.24. The van der Waals surface area contributed by atoms with Crippen LogP contribution >= 0.6 is 0 Å². The highest BCUT2D eigenvalue weighted by atomic mass is 16.7. The largest absolute Gasteiger partial charge is 0.498 e. The van der Waals surface area contributed by atoms with E-state index >= 15 is 0 Å². The van der Waals surface area contributed by atoms with Crippen LogP contribution in [-0.4, -0.2) is 46.3 Å². The fraction of sp³-hybridized carbons (Fsp3) is 0.750. The Bertz CT molecular complexity index is 576. The fourth-order valence-electron chi connectivity index (χ4n) is 2.19. The molecule has 1 fully saturated rings. The van der Waals surface area contributed by atoms with Gasteiger partial charge < -0.3 is 19.4 Å². The van der Waals surface area contributed by atoms with Gasteiger partial charge in [-0.05, 0) is 48.5 Å². The normalized spacial score (nSPS) is 19.4. The molecule has 1 aromatic rings. The van der Waals surface area contributed by atoms with Crippen molar-refractivity contribution in [3.63, 3.8) is 0 Å². The van der Waals surface area contributed by atoms with E-state index in [0.717, 1.165) is 5.46 Å². The van der Waals surface area contributed by atoms with Gasteiger partial charge in [0.25, 0.3) is 0 Å². The number of carbonyl (C=O) groups excluding carboxylic acids is 1. The molecule has 0 aromatic carbocycles. The fourth-order valence-corrected chi connectivity index (χ4v) is 2.19. The molecular weight excluding hydrogens is 309 g/mol. The number of carbonyl (C=O) groups is 1. The van der Waals surface area contributed by atoms with Crippen LogP contribution in [0.2, 0.25) is 0 Å². The molecule has 0 aliphatic carbocycles. The maximum atomic E-state index is 11.6. The molecule has 24 heavy (non-hydrogen) atoms. The van der Waals surface area contributed by atoms with E-state index in [1.54, 1.807) is 10.9 Å². The Labute approximate surface area is 144 Å². The number of hydrogen-bond donors (Lipinski definition) is 1. The number of aromatic nitrogens is 2. The van der Waals surface area contributed by atoms with E-state index in [1.807, 2.05) is 54.7 Å². The number of hydrogen-bond acceptors (Lipinski definition) is 5. The molecule has 2 heterocycles. The first-order chi connectivity index (χ1) is 10.9. The first kappa shape index (κ1) is 18.8. The Morgan fingerprint density at radius 3 is 2.42 bits per heavy atom. The van der Waals surface area contributed by atoms with Gasteiger partial charge in [0.1, 0.15) is 5.60 Å². The van der Waals surface area contributed by atoms with Crippen LogP contribution < -0.4 is 10.8 Å². The van der Waals surface area contributed by atoms with Gasteiger partial charge in [-0.1, -0.05) is 0 Å². The van der Waals surface area contributed by atoms with Gasteiger partial charge in [0.2, 0.25) is 0 Å². The number of amides is 1. The Morgan fingerprint density at radius 1 is 1.29 bits per heavy atom. The minimum atomic E-state index is -0.500. The van der Waals surface area contributed by atoms with E-state index in [0.29, 0.717) is 13.1 Å². The molecule has 7 nitrogen and oxygen atoms in total. The van der Waals surface area contributed by atoms with Crippen LogP contribution in [0.25, 0.3) is 0 Å². The van der Waals surface area contributed by atoms with Crippen LogP contribution in [-0.2, 0) is 20.6 Å². The van der Waals surface area contributed by atoms with E-state index < -0.39 is 18.8 Å². The molecule has 1 aromatic heterocycles. The third-order valence-electron chi connectivity index (χ3n) is 4.19. The second kappa shape index (κ2) is 6.40. The number of alkyl carbamates (subject to hydrolysis) is 1. The van der Waals surface area contributed by atoms with Crippen molar-refractivity contribution in [2.45, 2.75) is 71.8 Å². The van der Waals surface area contributed by atoms with Gasteiger partial charge >= 0.3 is 13.2 Å². The van der Waals surface area contributed by atoms with Crippen molar-refractivity contribution in [2.75, 3.05) is 6.54 Å². The summed E-state index contributed by atoms with van der Waals surface area (Å²) in [7, 11) is -0.428. The van der Waals surface area contributed by atoms with E-state index in [-0.39, 0.29) is 11.2 Å². The number of nitrogens with one attached hydrogen (secondary N) is 1. The highest BCUT2D eigenvalue weighted by Gasteiger charge is 2.52. The molecule has 0 bridgehead atoms. The van der Waals surface area contributed by atoms with Crippen molar-refractivity contribution in [1.29, 1.82) is 0 Å². The van der Waals surface area contributed by atoms with Gasteiger partial charge in [0.05, 0.1) is 17.7 Å². The lowest BCUT2D eigenvalue weighted by atomic mass is 9.82. The summed E-state index contributed by atoms with van der Waals surface area (Å²) in [4.78, 5) is 11.6. The topological polar surface area (TPSA) is 74.6 Å². The molecule has 8 heteroatoms. The molecule has 0 saturated carbocycles. The summed E-state index contributed by atoms with van der Waals surface area (Å²) in [5, 5.41) is 7.00. The highest BCUT2D eigenvalue weighted by molar-refractivity contribution is 6.61. The second-order valence-corrected chi connectivity index (χ2v) is 8.05. The molecule has 1 aliphatic heterocycles. The molecule has 2 rings (SSSR count). The van der Waals surface area contributed by atoms with E-state index in [2.05, 4.69) is 10.4 Å². The molecule has 0 spiro atoms. The Balaban J connectivity index is 1.85. The van der Waals surface area contributed by atoms with Crippen LogP contribution in [0, 0.1) is 0 Å². The second-order valence-electron chi connectivity index (χ2n) is 8.05. The van der Waals surface area contributed by atoms with Crippen LogP contribution in [0.5, 0.6) is 0 Å². The summed E-state index contributed by atoms with van der Waals surface area (Å²) in [5.41, 5.74) is -0.388. The van der Waals surface area contributed by atoms with E-state index in [1.165, 1.54) is 0 Å². The number of ether oxygens (including phenoxy) is 1. The summed E-state index contributed by atoms with van der Waals surface area (Å²) < 4.78 is 18.9. The SMILES string of the molecule is CC(C)(C)OC(=O)NCCn1cc(B2OC(C)(C)C(C)(C)O2)cn1. The molecule has 1 saturated heterocycles. The third kappa shape index (κ3) is 4.51. The predicted molar refractivity (Wildman–Crippen MR) is 92.2 cm³/mol. The quantitative estimate of drug-likeness (QED) is 0.847. The van der Waals surface area contributed by atoms with Gasteiger partial charge in [-0.25, -0.2) is 4.79 Å². The zero-order valence-electron chi connectivity index (χ0n) is 15.7. The molecule has 0 unspecified atom stereocenters. The summed E-state index contributed by atoms with van der Waals surface area (Å²) in [6, 6.07) is 0. The lowest BCUT2D eigenvalue weighted by Crippen LogP contribution is -2.41. The maximum absolute atomic E-state index is 11.6. The third-order valence-corrected chi connectivity index (χ3v) is 4.19. The summed E-state index contributed by atoms with van der Waals surface area (Å²) in [6.07, 6.45) is 3.18. The minimum Gasteiger partial charge on any atom is -0.444 e. The van der Waals surface area contributed by atoms with Gasteiger partial charge in [-0.3, -0.25) is 4.68 Å². The van der Waals surface area contributed by atoms with Gasteiger partial charge in [0.15, 0.2) is 0 Å². The molecule has 134 valence electrons. The van der Waals surface area contributed by atoms with Crippen LogP contribution in [0.15, 0.2) is 12.4 Å². The summed E-state index contributed by atoms with van der Waals surface area (Å²) in [6.45, 7) is 14.5. The zero-order chi connectivity index (χ0) is 18.2. The summed E-state index contributed by atoms with van der Waals surface area (Å²) in [5.74, 6) is 0. The molecule has 0 radical (unpaired) electrons. The maximum Gasteiger partial charge on any atom is 0.498 e. The molecule has 0 atom stereocenters. The average Bonchev–Trinajstić information content (AvgIpc) is 2.91. The standard InChI is InChI=1S/C16H28BN3O4/c1-14(2,3)22-13(21)18-8-9-20-11-12(10-19-20)17-23-15(4,5)16(6,7)24-17/h10-11H,8-9H2,1-7H3,(H,18,21). The highest BCUT2D eigenvalue weighted by Crippen LogP contribution is 2.36. The van der Waals surface area contributed by atoms with E-state index in [4.69, 9.17) is 14.0 Å². The van der Waals surface area contributed by atoms with E-state index in [9.17, 15) is 4.79 Å². The molecule has 1 amide bonds. The molecule has 1 N–H and O–H groups in total. The van der Waals surface area contributed by atoms with Crippen molar-refractivity contribution in [3.8, 4) is 0 Å². The lowest BCUT2D eigenvalue weighted by molar-refractivity contribution is 0.00578. The lowest BCUT2D eigenvalue weighted by Gasteiger charge is -2.32. The van der Waals surface area contributed by atoms with Crippen molar-refractivity contribution in [2.24, 2.45) is 0 Å². The van der Waals surface area contributed by atoms with Crippen LogP contribution in [0.3, 0.4) is 0 Å². The van der Waals surface area contributed by atoms with Crippen LogP contribution in [0.1, 0.15) is 48.5 Å². The van der Waals surface area contributed by atoms with Crippen molar-refractivity contribution in [1.82, 2.24) is 15.1 Å². The molecule has 1 aliphatic rings. The monoisotopic (exact) mass is 337 g/mol. The van der Waals surface area contributed by atoms with Gasteiger partial charge in [0, 0.05) is 24.4 Å². The van der Waals surface area contributed by atoms with Gasteiger partial charge in [-0.15, -0.1) is 0 Å². The predicted octanol–water partition coefficient (Wildman–Crippen LogP) is 1.71. The Hall–Kier alpha value is -1.54. The number of nitrogens with zero attached hydrogens (tertiary/aromatic N) is 2. The zero-order valence-corrected chi connectivity index (χ0v) is 15.7. The Kier molecular flexibility index (Phi) is 5.02. The van der Waals surface area contributed by atoms with Crippen LogP contribution in [0.4, 0.5) is 4.79 Å². The van der Waals surface area contributed by atoms with Gasteiger partial charge in [-0.2, -0.15) is 5.10 Å². The molecular formula is C16H28BN3O4. The smallest absolute Gasteiger partial charge is 0.444 e. The average molecular weight is 337 g/mol. The Morgan fingerprint density at radius 2 is 1.88 bits per heavy atom. The minimum absolute atomic E-state index is 0.377. The van der Waals surface area contributed by atoms with Crippen molar-refractivity contribution >= 4 is 18.7 Å².